The number of hydrogen-bond donors (Lipinski definition) is 2. The summed E-state index contributed by atoms with van der Waals surface area (Å²) in [5, 5.41) is 11.1. The van der Waals surface area contributed by atoms with Gasteiger partial charge in [-0.2, -0.15) is 0 Å². The molecule has 5 nitrogen and oxygen atoms in total. The maximum Gasteiger partial charge on any atom is 0.340 e. The molecule has 86 valence electrons. The van der Waals surface area contributed by atoms with Gasteiger partial charge in [0, 0.05) is 6.92 Å². The molecule has 0 unspecified atom stereocenters. The molecule has 0 radical (unpaired) electrons. The minimum atomic E-state index is -1.47. The number of carboxylic acid groups (broad SMARTS) is 1. The number of anilines is 1. The molecule has 0 fully saturated rings. The number of ether oxygens (including phenoxy) is 1. The number of aromatic carboxylic acids is 1. The van der Waals surface area contributed by atoms with Crippen molar-refractivity contribution in [1.29, 1.82) is 0 Å². The number of carboxylic acids is 1. The minimum Gasteiger partial charge on any atom is -0.495 e. The Hall–Kier alpha value is -2.11. The average Bonchev–Trinajstić information content (AvgIpc) is 2.16. The maximum absolute atomic E-state index is 13.3. The summed E-state index contributed by atoms with van der Waals surface area (Å²) in [5.74, 6) is -2.82. The van der Waals surface area contributed by atoms with Crippen molar-refractivity contribution < 1.29 is 23.8 Å². The first-order valence-electron chi connectivity index (χ1n) is 4.34. The van der Waals surface area contributed by atoms with Crippen molar-refractivity contribution >= 4 is 17.6 Å². The largest absolute Gasteiger partial charge is 0.495 e. The van der Waals surface area contributed by atoms with Gasteiger partial charge >= 0.3 is 5.97 Å². The normalized spacial score (nSPS) is 9.69. The lowest BCUT2D eigenvalue weighted by Crippen LogP contribution is -2.13. The van der Waals surface area contributed by atoms with Crippen LogP contribution in [-0.2, 0) is 4.79 Å². The Bertz CT molecular complexity index is 445. The van der Waals surface area contributed by atoms with Crippen molar-refractivity contribution in [3.8, 4) is 5.75 Å². The maximum atomic E-state index is 13.3. The highest BCUT2D eigenvalue weighted by Crippen LogP contribution is 2.30. The van der Waals surface area contributed by atoms with E-state index in [1.165, 1.54) is 20.1 Å². The molecule has 1 amide bonds. The molecule has 0 bridgehead atoms. The number of methoxy groups -OCH3 is 1. The van der Waals surface area contributed by atoms with Crippen LogP contribution in [0.5, 0.6) is 5.75 Å². The van der Waals surface area contributed by atoms with Crippen LogP contribution >= 0.6 is 0 Å². The van der Waals surface area contributed by atoms with Gasteiger partial charge in [-0.25, -0.2) is 9.18 Å². The lowest BCUT2D eigenvalue weighted by atomic mass is 10.1. The standard InChI is InChI=1S/C10H10FNO4/c1-5(13)12-9-7(16-2)4-3-6(11)8(9)10(14)15/h3-4H,1-2H3,(H,12,13)(H,14,15). The predicted molar refractivity (Wildman–Crippen MR) is 54.2 cm³/mol. The SMILES string of the molecule is COc1ccc(F)c(C(=O)O)c1NC(C)=O. The van der Waals surface area contributed by atoms with Crippen LogP contribution in [0.3, 0.4) is 0 Å². The second-order valence-electron chi connectivity index (χ2n) is 2.99. The summed E-state index contributed by atoms with van der Waals surface area (Å²) in [4.78, 5) is 21.7. The van der Waals surface area contributed by atoms with E-state index in [1.807, 2.05) is 0 Å². The van der Waals surface area contributed by atoms with Gasteiger partial charge in [0.15, 0.2) is 0 Å². The fourth-order valence-electron chi connectivity index (χ4n) is 1.24. The number of hydrogen-bond acceptors (Lipinski definition) is 3. The first kappa shape index (κ1) is 12.0. The molecule has 1 aromatic rings. The average molecular weight is 227 g/mol. The first-order valence-corrected chi connectivity index (χ1v) is 4.34. The van der Waals surface area contributed by atoms with Gasteiger partial charge < -0.3 is 15.2 Å². The number of carbonyl (C=O) groups excluding carboxylic acids is 1. The Kier molecular flexibility index (Phi) is 3.44. The lowest BCUT2D eigenvalue weighted by molar-refractivity contribution is -0.114. The van der Waals surface area contributed by atoms with Crippen molar-refractivity contribution in [3.05, 3.63) is 23.5 Å². The van der Waals surface area contributed by atoms with Crippen molar-refractivity contribution in [2.45, 2.75) is 6.92 Å². The summed E-state index contributed by atoms with van der Waals surface area (Å²) in [7, 11) is 1.30. The van der Waals surface area contributed by atoms with E-state index in [4.69, 9.17) is 9.84 Å². The van der Waals surface area contributed by atoms with E-state index in [0.717, 1.165) is 6.07 Å². The molecule has 1 aromatic carbocycles. The number of nitrogens with one attached hydrogen (secondary N) is 1. The summed E-state index contributed by atoms with van der Waals surface area (Å²) in [5.41, 5.74) is -0.794. The smallest absolute Gasteiger partial charge is 0.340 e. The summed E-state index contributed by atoms with van der Waals surface area (Å²) in [6, 6.07) is 2.21. The Labute approximate surface area is 90.8 Å². The number of halogens is 1. The molecule has 0 aliphatic rings. The zero-order chi connectivity index (χ0) is 12.3. The number of carbonyl (C=O) groups is 2. The molecule has 0 spiro atoms. The molecule has 0 aromatic heterocycles. The number of benzene rings is 1. The van der Waals surface area contributed by atoms with E-state index in [2.05, 4.69) is 5.32 Å². The van der Waals surface area contributed by atoms with Gasteiger partial charge in [-0.3, -0.25) is 4.79 Å². The van der Waals surface area contributed by atoms with E-state index in [-0.39, 0.29) is 11.4 Å². The second-order valence-corrected chi connectivity index (χ2v) is 2.99. The zero-order valence-corrected chi connectivity index (χ0v) is 8.70. The third-order valence-electron chi connectivity index (χ3n) is 1.85. The van der Waals surface area contributed by atoms with Crippen molar-refractivity contribution in [1.82, 2.24) is 0 Å². The number of rotatable bonds is 3. The molecular formula is C10H10FNO4. The Morgan fingerprint density at radius 1 is 1.44 bits per heavy atom. The molecule has 1 rings (SSSR count). The zero-order valence-electron chi connectivity index (χ0n) is 8.70. The quantitative estimate of drug-likeness (QED) is 0.820. The third kappa shape index (κ3) is 2.28. The van der Waals surface area contributed by atoms with Crippen LogP contribution in [-0.4, -0.2) is 24.1 Å². The molecule has 0 saturated heterocycles. The Balaban J connectivity index is 3.42. The van der Waals surface area contributed by atoms with Crippen molar-refractivity contribution in [2.24, 2.45) is 0 Å². The molecule has 0 atom stereocenters. The van der Waals surface area contributed by atoms with Gasteiger partial charge in [-0.1, -0.05) is 0 Å². The van der Waals surface area contributed by atoms with Gasteiger partial charge in [-0.05, 0) is 12.1 Å². The van der Waals surface area contributed by atoms with Crippen LogP contribution in [0.1, 0.15) is 17.3 Å². The summed E-state index contributed by atoms with van der Waals surface area (Å²) >= 11 is 0. The fourth-order valence-corrected chi connectivity index (χ4v) is 1.24. The molecule has 0 heterocycles. The van der Waals surface area contributed by atoms with Gasteiger partial charge in [0.25, 0.3) is 0 Å². The second kappa shape index (κ2) is 4.61. The Morgan fingerprint density at radius 3 is 2.50 bits per heavy atom. The van der Waals surface area contributed by atoms with Crippen LogP contribution in [0.25, 0.3) is 0 Å². The molecule has 0 aliphatic heterocycles. The monoisotopic (exact) mass is 227 g/mol. The predicted octanol–water partition coefficient (Wildman–Crippen LogP) is 1.49. The summed E-state index contributed by atoms with van der Waals surface area (Å²) in [6.07, 6.45) is 0. The molecule has 0 saturated carbocycles. The molecule has 16 heavy (non-hydrogen) atoms. The van der Waals surface area contributed by atoms with E-state index in [0.29, 0.717) is 0 Å². The summed E-state index contributed by atoms with van der Waals surface area (Å²) < 4.78 is 18.1. The van der Waals surface area contributed by atoms with Gasteiger partial charge in [0.1, 0.15) is 22.8 Å². The lowest BCUT2D eigenvalue weighted by Gasteiger charge is -2.12. The summed E-state index contributed by atoms with van der Waals surface area (Å²) in [6.45, 7) is 1.19. The van der Waals surface area contributed by atoms with Crippen molar-refractivity contribution in [3.63, 3.8) is 0 Å². The van der Waals surface area contributed by atoms with Crippen molar-refractivity contribution in [2.75, 3.05) is 12.4 Å². The van der Waals surface area contributed by atoms with Crippen LogP contribution in [0.15, 0.2) is 12.1 Å². The van der Waals surface area contributed by atoms with E-state index in [1.54, 1.807) is 0 Å². The van der Waals surface area contributed by atoms with Crippen LogP contribution < -0.4 is 10.1 Å². The van der Waals surface area contributed by atoms with Gasteiger partial charge in [-0.15, -0.1) is 0 Å². The van der Waals surface area contributed by atoms with E-state index in [9.17, 15) is 14.0 Å². The molecule has 2 N–H and O–H groups in total. The minimum absolute atomic E-state index is 0.0917. The highest BCUT2D eigenvalue weighted by Gasteiger charge is 2.20. The van der Waals surface area contributed by atoms with E-state index >= 15 is 0 Å². The molecule has 6 heteroatoms. The highest BCUT2D eigenvalue weighted by atomic mass is 19.1. The van der Waals surface area contributed by atoms with Gasteiger partial charge in [0.05, 0.1) is 7.11 Å². The fraction of sp³-hybridized carbons (Fsp3) is 0.200. The van der Waals surface area contributed by atoms with Crippen LogP contribution in [0.4, 0.5) is 10.1 Å². The third-order valence-corrected chi connectivity index (χ3v) is 1.85. The highest BCUT2D eigenvalue weighted by molar-refractivity contribution is 6.02. The van der Waals surface area contributed by atoms with Crippen LogP contribution in [0.2, 0.25) is 0 Å². The first-order chi connectivity index (χ1) is 7.47. The Morgan fingerprint density at radius 2 is 2.06 bits per heavy atom. The topological polar surface area (TPSA) is 75.6 Å². The molecule has 0 aliphatic carbocycles. The van der Waals surface area contributed by atoms with E-state index < -0.39 is 23.3 Å². The molecular weight excluding hydrogens is 217 g/mol. The number of amides is 1. The van der Waals surface area contributed by atoms with Gasteiger partial charge in [0.2, 0.25) is 5.91 Å². The van der Waals surface area contributed by atoms with Crippen LogP contribution in [0, 0.1) is 5.82 Å².